The first-order valence-electron chi connectivity index (χ1n) is 7.43. The molecule has 1 amide bonds. The lowest BCUT2D eigenvalue weighted by Gasteiger charge is -2.20. The number of thioether (sulfide) groups is 1. The van der Waals surface area contributed by atoms with Crippen LogP contribution in [0.4, 0.5) is 0 Å². The Hall–Kier alpha value is -1.44. The molecule has 0 aliphatic carbocycles. The maximum Gasteiger partial charge on any atom is 0.254 e. The van der Waals surface area contributed by atoms with Gasteiger partial charge in [-0.2, -0.15) is 0 Å². The molecular weight excluding hydrogens is 304 g/mol. The largest absolute Gasteiger partial charge is 0.454 e. The number of hydrogen-bond acceptors (Lipinski definition) is 6. The van der Waals surface area contributed by atoms with Crippen LogP contribution in [-0.4, -0.2) is 45.9 Å². The van der Waals surface area contributed by atoms with Crippen molar-refractivity contribution in [1.29, 1.82) is 0 Å². The standard InChI is InChI=1S/C15H18N2O4S/c16-15(14(19)17-5-1-2-6-17)13(22-15)12(18)9-3-4-10-11(7-9)21-8-20-10/h3-4,7,12-13,18H,1-2,5-6,8,16H2/t12-,13?,15+/m1/s1. The average molecular weight is 322 g/mol. The minimum atomic E-state index is -1.000. The van der Waals surface area contributed by atoms with E-state index in [1.54, 1.807) is 23.1 Å². The third-order valence-electron chi connectivity index (χ3n) is 4.44. The van der Waals surface area contributed by atoms with Crippen LogP contribution in [0.2, 0.25) is 0 Å². The molecule has 3 aliphatic rings. The topological polar surface area (TPSA) is 85.0 Å². The number of likely N-dealkylation sites (tertiary alicyclic amines) is 1. The van der Waals surface area contributed by atoms with E-state index in [0.717, 1.165) is 25.9 Å². The van der Waals surface area contributed by atoms with Crippen molar-refractivity contribution in [3.05, 3.63) is 23.8 Å². The van der Waals surface area contributed by atoms with Crippen LogP contribution in [0.15, 0.2) is 18.2 Å². The van der Waals surface area contributed by atoms with Crippen LogP contribution < -0.4 is 15.2 Å². The van der Waals surface area contributed by atoms with Crippen molar-refractivity contribution < 1.29 is 19.4 Å². The van der Waals surface area contributed by atoms with Crippen LogP contribution in [-0.2, 0) is 4.79 Å². The number of aliphatic hydroxyl groups is 1. The van der Waals surface area contributed by atoms with Crippen LogP contribution in [0.1, 0.15) is 24.5 Å². The zero-order chi connectivity index (χ0) is 15.3. The molecule has 0 aromatic heterocycles. The lowest BCUT2D eigenvalue weighted by Crippen LogP contribution is -2.47. The van der Waals surface area contributed by atoms with E-state index < -0.39 is 11.0 Å². The number of rotatable bonds is 3. The van der Waals surface area contributed by atoms with Gasteiger partial charge in [-0.05, 0) is 30.5 Å². The molecule has 0 spiro atoms. The zero-order valence-electron chi connectivity index (χ0n) is 12.0. The Morgan fingerprint density at radius 3 is 2.86 bits per heavy atom. The zero-order valence-corrected chi connectivity index (χ0v) is 12.8. The smallest absolute Gasteiger partial charge is 0.254 e. The molecule has 0 saturated carbocycles. The lowest BCUT2D eigenvalue weighted by atomic mass is 10.0. The Morgan fingerprint density at radius 2 is 2.09 bits per heavy atom. The third kappa shape index (κ3) is 2.15. The number of amides is 1. The number of aliphatic hydroxyl groups excluding tert-OH is 1. The van der Waals surface area contributed by atoms with Crippen LogP contribution in [0.3, 0.4) is 0 Å². The number of carbonyl (C=O) groups is 1. The highest BCUT2D eigenvalue weighted by Crippen LogP contribution is 2.56. The summed E-state index contributed by atoms with van der Waals surface area (Å²) < 4.78 is 10.6. The Bertz CT molecular complexity index is 620. The normalized spacial score (nSPS) is 30.5. The van der Waals surface area contributed by atoms with Crippen LogP contribution in [0, 0.1) is 0 Å². The van der Waals surface area contributed by atoms with Gasteiger partial charge >= 0.3 is 0 Å². The van der Waals surface area contributed by atoms with E-state index in [4.69, 9.17) is 15.2 Å². The fourth-order valence-corrected chi connectivity index (χ4v) is 4.18. The molecule has 3 atom stereocenters. The van der Waals surface area contributed by atoms with Gasteiger partial charge in [0.2, 0.25) is 6.79 Å². The van der Waals surface area contributed by atoms with Gasteiger partial charge in [0.1, 0.15) is 0 Å². The van der Waals surface area contributed by atoms with Crippen LogP contribution in [0.25, 0.3) is 0 Å². The number of benzene rings is 1. The van der Waals surface area contributed by atoms with E-state index in [0.29, 0.717) is 17.1 Å². The van der Waals surface area contributed by atoms with Crippen molar-refractivity contribution in [2.45, 2.75) is 29.1 Å². The van der Waals surface area contributed by atoms with Crippen molar-refractivity contribution in [2.75, 3.05) is 19.9 Å². The van der Waals surface area contributed by atoms with Gasteiger partial charge in [-0.1, -0.05) is 6.07 Å². The molecule has 6 nitrogen and oxygen atoms in total. The molecular formula is C15H18N2O4S. The number of hydrogen-bond donors (Lipinski definition) is 2. The van der Waals surface area contributed by atoms with Crippen molar-refractivity contribution in [3.8, 4) is 11.5 Å². The highest BCUT2D eigenvalue weighted by atomic mass is 32.2. The SMILES string of the molecule is N[C@]1(C(=O)N2CCCC2)SC1[C@H](O)c1ccc2c(c1)OCO2. The van der Waals surface area contributed by atoms with E-state index in [-0.39, 0.29) is 18.0 Å². The lowest BCUT2D eigenvalue weighted by molar-refractivity contribution is -0.132. The Balaban J connectivity index is 1.50. The summed E-state index contributed by atoms with van der Waals surface area (Å²) in [4.78, 5) is 13.3. The number of fused-ring (bicyclic) bond motifs is 1. The fourth-order valence-electron chi connectivity index (χ4n) is 3.09. The maximum atomic E-state index is 12.5. The first kappa shape index (κ1) is 14.2. The second kappa shape index (κ2) is 5.04. The number of ether oxygens (including phenoxy) is 2. The summed E-state index contributed by atoms with van der Waals surface area (Å²) in [6, 6.07) is 5.32. The van der Waals surface area contributed by atoms with E-state index in [1.165, 1.54) is 11.8 Å². The Labute approximate surface area is 132 Å². The van der Waals surface area contributed by atoms with Crippen molar-refractivity contribution >= 4 is 17.7 Å². The van der Waals surface area contributed by atoms with E-state index in [9.17, 15) is 9.90 Å². The van der Waals surface area contributed by atoms with Gasteiger partial charge in [0.05, 0.1) is 11.4 Å². The summed E-state index contributed by atoms with van der Waals surface area (Å²) in [5.41, 5.74) is 6.92. The molecule has 7 heteroatoms. The fraction of sp³-hybridized carbons (Fsp3) is 0.533. The number of nitrogens with two attached hydrogens (primary N) is 1. The van der Waals surface area contributed by atoms with Crippen LogP contribution in [0.5, 0.6) is 11.5 Å². The first-order valence-corrected chi connectivity index (χ1v) is 8.31. The van der Waals surface area contributed by atoms with Crippen LogP contribution >= 0.6 is 11.8 Å². The van der Waals surface area contributed by atoms with Gasteiger partial charge in [0.25, 0.3) is 5.91 Å². The second-order valence-electron chi connectivity index (χ2n) is 5.89. The molecule has 118 valence electrons. The quantitative estimate of drug-likeness (QED) is 0.802. The molecule has 2 fully saturated rings. The molecule has 2 saturated heterocycles. The van der Waals surface area contributed by atoms with Gasteiger partial charge in [-0.3, -0.25) is 4.79 Å². The highest BCUT2D eigenvalue weighted by Gasteiger charge is 2.63. The highest BCUT2D eigenvalue weighted by molar-refractivity contribution is 8.09. The molecule has 3 heterocycles. The van der Waals surface area contributed by atoms with Crippen molar-refractivity contribution in [2.24, 2.45) is 5.73 Å². The molecule has 22 heavy (non-hydrogen) atoms. The van der Waals surface area contributed by atoms with Crippen molar-refractivity contribution in [1.82, 2.24) is 4.90 Å². The minimum absolute atomic E-state index is 0.0557. The molecule has 0 radical (unpaired) electrons. The van der Waals surface area contributed by atoms with E-state index >= 15 is 0 Å². The molecule has 4 rings (SSSR count). The maximum absolute atomic E-state index is 12.5. The van der Waals surface area contributed by atoms with Gasteiger partial charge in [0, 0.05) is 13.1 Å². The van der Waals surface area contributed by atoms with Gasteiger partial charge in [0.15, 0.2) is 16.4 Å². The van der Waals surface area contributed by atoms with Gasteiger partial charge < -0.3 is 25.2 Å². The van der Waals surface area contributed by atoms with E-state index in [1.807, 2.05) is 0 Å². The molecule has 1 aromatic carbocycles. The minimum Gasteiger partial charge on any atom is -0.454 e. The van der Waals surface area contributed by atoms with Gasteiger partial charge in [-0.15, -0.1) is 11.8 Å². The summed E-state index contributed by atoms with van der Waals surface area (Å²) in [6.45, 7) is 1.73. The Kier molecular flexibility index (Phi) is 3.25. The molecule has 3 aliphatic heterocycles. The predicted octanol–water partition coefficient (Wildman–Crippen LogP) is 0.841. The second-order valence-corrected chi connectivity index (χ2v) is 7.31. The molecule has 3 N–H and O–H groups in total. The summed E-state index contributed by atoms with van der Waals surface area (Å²) in [5, 5.41) is 10.2. The summed E-state index contributed by atoms with van der Waals surface area (Å²) >= 11 is 1.33. The summed E-state index contributed by atoms with van der Waals surface area (Å²) in [6.07, 6.45) is 1.26. The Morgan fingerprint density at radius 1 is 1.36 bits per heavy atom. The summed E-state index contributed by atoms with van der Waals surface area (Å²) in [5.74, 6) is 1.24. The van der Waals surface area contributed by atoms with Crippen molar-refractivity contribution in [3.63, 3.8) is 0 Å². The number of nitrogens with zero attached hydrogens (tertiary/aromatic N) is 1. The summed E-state index contributed by atoms with van der Waals surface area (Å²) in [7, 11) is 0. The number of carbonyl (C=O) groups excluding carboxylic acids is 1. The molecule has 0 bridgehead atoms. The first-order chi connectivity index (χ1) is 10.6. The molecule has 1 aromatic rings. The third-order valence-corrected chi connectivity index (χ3v) is 5.89. The average Bonchev–Trinajstić information content (AvgIpc) is 2.95. The van der Waals surface area contributed by atoms with Gasteiger partial charge in [-0.25, -0.2) is 0 Å². The van der Waals surface area contributed by atoms with E-state index in [2.05, 4.69) is 0 Å². The predicted molar refractivity (Wildman–Crippen MR) is 81.6 cm³/mol. The molecule has 1 unspecified atom stereocenters. The monoisotopic (exact) mass is 322 g/mol.